The van der Waals surface area contributed by atoms with Gasteiger partial charge in [0.1, 0.15) is 0 Å². The zero-order valence-corrected chi connectivity index (χ0v) is 15.8. The number of piperazine rings is 1. The number of hydrogen-bond donors (Lipinski definition) is 0. The molecule has 7 heteroatoms. The summed E-state index contributed by atoms with van der Waals surface area (Å²) in [7, 11) is 0. The summed E-state index contributed by atoms with van der Waals surface area (Å²) in [5, 5.41) is 2.44. The van der Waals surface area contributed by atoms with Crippen molar-refractivity contribution < 1.29 is 14.4 Å². The summed E-state index contributed by atoms with van der Waals surface area (Å²) in [4.78, 5) is 40.9. The number of hydrogen-bond acceptors (Lipinski definition) is 4. The number of thiophene rings is 1. The Morgan fingerprint density at radius 1 is 0.923 bits per heavy atom. The highest BCUT2D eigenvalue weighted by molar-refractivity contribution is 7.12. The molecule has 0 radical (unpaired) electrons. The average Bonchev–Trinajstić information content (AvgIpc) is 3.21. The fourth-order valence-electron chi connectivity index (χ4n) is 2.87. The van der Waals surface area contributed by atoms with Crippen molar-refractivity contribution in [3.05, 3.63) is 57.2 Å². The number of ketones is 1. The van der Waals surface area contributed by atoms with Crippen LogP contribution in [0.2, 0.25) is 5.02 Å². The molecule has 0 N–H and O–H groups in total. The maximum Gasteiger partial charge on any atom is 0.253 e. The third-order valence-corrected chi connectivity index (χ3v) is 5.54. The van der Waals surface area contributed by atoms with Gasteiger partial charge in [0.2, 0.25) is 5.91 Å². The van der Waals surface area contributed by atoms with Crippen LogP contribution in [-0.4, -0.2) is 53.6 Å². The van der Waals surface area contributed by atoms with Gasteiger partial charge in [0, 0.05) is 49.6 Å². The first-order chi connectivity index (χ1) is 12.5. The fourth-order valence-corrected chi connectivity index (χ4v) is 3.69. The van der Waals surface area contributed by atoms with Gasteiger partial charge in [-0.1, -0.05) is 17.7 Å². The number of halogens is 1. The molecule has 26 heavy (non-hydrogen) atoms. The topological polar surface area (TPSA) is 57.7 Å². The Morgan fingerprint density at radius 3 is 2.19 bits per heavy atom. The molecule has 3 rings (SSSR count). The quantitative estimate of drug-likeness (QED) is 0.735. The van der Waals surface area contributed by atoms with Crippen LogP contribution in [-0.2, 0) is 4.79 Å². The van der Waals surface area contributed by atoms with E-state index < -0.39 is 0 Å². The molecular weight excluding hydrogens is 372 g/mol. The minimum absolute atomic E-state index is 0.00454. The molecule has 0 saturated carbocycles. The number of carbonyl (C=O) groups excluding carboxylic acids is 3. The van der Waals surface area contributed by atoms with Gasteiger partial charge in [0.25, 0.3) is 5.91 Å². The van der Waals surface area contributed by atoms with Crippen molar-refractivity contribution in [1.82, 2.24) is 9.80 Å². The highest BCUT2D eigenvalue weighted by Crippen LogP contribution is 2.15. The van der Waals surface area contributed by atoms with E-state index >= 15 is 0 Å². The second-order valence-electron chi connectivity index (χ2n) is 6.08. The second kappa shape index (κ2) is 8.47. The van der Waals surface area contributed by atoms with E-state index in [9.17, 15) is 14.4 Å². The first-order valence-corrected chi connectivity index (χ1v) is 9.69. The molecule has 0 spiro atoms. The van der Waals surface area contributed by atoms with E-state index in [1.54, 1.807) is 40.1 Å². The van der Waals surface area contributed by atoms with Gasteiger partial charge in [-0.25, -0.2) is 0 Å². The molecule has 1 aromatic heterocycles. The molecule has 0 atom stereocenters. The highest BCUT2D eigenvalue weighted by Gasteiger charge is 2.25. The van der Waals surface area contributed by atoms with E-state index in [1.165, 1.54) is 11.3 Å². The maximum absolute atomic E-state index is 12.5. The summed E-state index contributed by atoms with van der Waals surface area (Å²) in [6.45, 7) is 1.97. The normalized spacial score (nSPS) is 14.3. The lowest BCUT2D eigenvalue weighted by molar-refractivity contribution is -0.132. The van der Waals surface area contributed by atoms with Crippen molar-refractivity contribution in [2.75, 3.05) is 26.2 Å². The van der Waals surface area contributed by atoms with Crippen LogP contribution in [0.25, 0.3) is 0 Å². The molecule has 1 fully saturated rings. The van der Waals surface area contributed by atoms with Crippen molar-refractivity contribution >= 4 is 40.5 Å². The van der Waals surface area contributed by atoms with Gasteiger partial charge in [-0.2, -0.15) is 0 Å². The molecule has 1 aromatic carbocycles. The van der Waals surface area contributed by atoms with Crippen LogP contribution in [0.3, 0.4) is 0 Å². The molecule has 2 heterocycles. The minimum Gasteiger partial charge on any atom is -0.339 e. The molecule has 2 amide bonds. The van der Waals surface area contributed by atoms with E-state index in [0.717, 1.165) is 0 Å². The van der Waals surface area contributed by atoms with E-state index in [4.69, 9.17) is 11.6 Å². The summed E-state index contributed by atoms with van der Waals surface area (Å²) < 4.78 is 0. The van der Waals surface area contributed by atoms with Crippen molar-refractivity contribution in [2.24, 2.45) is 0 Å². The molecule has 1 saturated heterocycles. The number of Topliss-reactive ketones (excluding diaryl/α,β-unsaturated/α-hetero) is 1. The van der Waals surface area contributed by atoms with Crippen LogP contribution < -0.4 is 0 Å². The van der Waals surface area contributed by atoms with Gasteiger partial charge in [-0.15, -0.1) is 11.3 Å². The predicted molar refractivity (Wildman–Crippen MR) is 102 cm³/mol. The fraction of sp³-hybridized carbons (Fsp3) is 0.316. The molecule has 1 aliphatic heterocycles. The van der Waals surface area contributed by atoms with Crippen LogP contribution in [0.1, 0.15) is 32.9 Å². The number of amides is 2. The predicted octanol–water partition coefficient (Wildman–Crippen LogP) is 3.35. The molecule has 0 aliphatic carbocycles. The summed E-state index contributed by atoms with van der Waals surface area (Å²) in [6.07, 6.45) is 0.436. The van der Waals surface area contributed by atoms with Crippen molar-refractivity contribution in [2.45, 2.75) is 12.8 Å². The monoisotopic (exact) mass is 390 g/mol. The van der Waals surface area contributed by atoms with Crippen LogP contribution >= 0.6 is 22.9 Å². The summed E-state index contributed by atoms with van der Waals surface area (Å²) in [6, 6.07) is 10.4. The van der Waals surface area contributed by atoms with Gasteiger partial charge in [-0.3, -0.25) is 14.4 Å². The maximum atomic E-state index is 12.5. The van der Waals surface area contributed by atoms with Crippen molar-refractivity contribution in [3.8, 4) is 0 Å². The van der Waals surface area contributed by atoms with E-state index in [0.29, 0.717) is 41.6 Å². The number of rotatable bonds is 5. The van der Waals surface area contributed by atoms with E-state index in [-0.39, 0.29) is 30.4 Å². The smallest absolute Gasteiger partial charge is 0.253 e. The SMILES string of the molecule is O=C(CCC(=O)N1CCN(C(=O)c2ccc(Cl)cc2)CC1)c1cccs1. The zero-order chi connectivity index (χ0) is 18.5. The van der Waals surface area contributed by atoms with Gasteiger partial charge in [0.15, 0.2) is 5.78 Å². The Kier molecular flexibility index (Phi) is 6.06. The lowest BCUT2D eigenvalue weighted by Crippen LogP contribution is -2.50. The molecular formula is C19H19ClN2O3S. The van der Waals surface area contributed by atoms with E-state index in [1.807, 2.05) is 11.4 Å². The molecule has 136 valence electrons. The summed E-state index contributed by atoms with van der Waals surface area (Å²) in [5.74, 6) is -0.0833. The van der Waals surface area contributed by atoms with Gasteiger partial charge in [-0.05, 0) is 35.7 Å². The summed E-state index contributed by atoms with van der Waals surface area (Å²) in [5.41, 5.74) is 0.593. The molecule has 2 aromatic rings. The van der Waals surface area contributed by atoms with Crippen molar-refractivity contribution in [1.29, 1.82) is 0 Å². The van der Waals surface area contributed by atoms with Crippen LogP contribution in [0.5, 0.6) is 0 Å². The highest BCUT2D eigenvalue weighted by atomic mass is 35.5. The average molecular weight is 391 g/mol. The Labute approximate surface area is 161 Å². The molecule has 1 aliphatic rings. The third-order valence-electron chi connectivity index (χ3n) is 4.37. The largest absolute Gasteiger partial charge is 0.339 e. The van der Waals surface area contributed by atoms with Crippen LogP contribution in [0.4, 0.5) is 0 Å². The van der Waals surface area contributed by atoms with Gasteiger partial charge in [0.05, 0.1) is 4.88 Å². The Hall–Kier alpha value is -2.18. The van der Waals surface area contributed by atoms with E-state index in [2.05, 4.69) is 0 Å². The first kappa shape index (κ1) is 18.6. The third kappa shape index (κ3) is 4.51. The molecule has 0 bridgehead atoms. The standard InChI is InChI=1S/C19H19ClN2O3S/c20-15-5-3-14(4-6-15)19(25)22-11-9-21(10-12-22)18(24)8-7-16(23)17-2-1-13-26-17/h1-6,13H,7-12H2. The molecule has 5 nitrogen and oxygen atoms in total. The lowest BCUT2D eigenvalue weighted by atomic mass is 10.1. The van der Waals surface area contributed by atoms with Crippen LogP contribution in [0, 0.1) is 0 Å². The molecule has 0 unspecified atom stereocenters. The lowest BCUT2D eigenvalue weighted by Gasteiger charge is -2.34. The second-order valence-corrected chi connectivity index (χ2v) is 7.46. The Bertz CT molecular complexity index is 782. The van der Waals surface area contributed by atoms with Crippen LogP contribution in [0.15, 0.2) is 41.8 Å². The number of nitrogens with zero attached hydrogens (tertiary/aromatic N) is 2. The van der Waals surface area contributed by atoms with Gasteiger partial charge < -0.3 is 9.80 Å². The zero-order valence-electron chi connectivity index (χ0n) is 14.2. The van der Waals surface area contributed by atoms with Gasteiger partial charge >= 0.3 is 0 Å². The number of benzene rings is 1. The van der Waals surface area contributed by atoms with Crippen molar-refractivity contribution in [3.63, 3.8) is 0 Å². The Morgan fingerprint density at radius 2 is 1.58 bits per heavy atom. The summed E-state index contributed by atoms with van der Waals surface area (Å²) >= 11 is 7.24. The Balaban J connectivity index is 1.47. The first-order valence-electron chi connectivity index (χ1n) is 8.44. The number of carbonyl (C=O) groups is 3. The minimum atomic E-state index is -0.0540.